The van der Waals surface area contributed by atoms with E-state index in [1.54, 1.807) is 36.1 Å². The summed E-state index contributed by atoms with van der Waals surface area (Å²) >= 11 is 0. The van der Waals surface area contributed by atoms with Crippen LogP contribution in [0.2, 0.25) is 0 Å². The predicted molar refractivity (Wildman–Crippen MR) is 106 cm³/mol. The van der Waals surface area contributed by atoms with Crippen molar-refractivity contribution in [3.05, 3.63) is 29.8 Å². The number of rotatable bonds is 8. The minimum absolute atomic E-state index is 0.0111. The average Bonchev–Trinajstić information content (AvgIpc) is 2.71. The summed E-state index contributed by atoms with van der Waals surface area (Å²) in [5.41, 5.74) is 5.81. The molecule has 0 unspecified atom stereocenters. The fourth-order valence-corrected chi connectivity index (χ4v) is 2.90. The second kappa shape index (κ2) is 10.9. The number of nitrogens with zero attached hydrogens (tertiary/aromatic N) is 1. The Morgan fingerprint density at radius 2 is 1.97 bits per heavy atom. The van der Waals surface area contributed by atoms with Gasteiger partial charge in [0.25, 0.3) is 5.91 Å². The summed E-state index contributed by atoms with van der Waals surface area (Å²) < 4.78 is 15.5. The third kappa shape index (κ3) is 7.02. The third-order valence-corrected chi connectivity index (χ3v) is 4.35. The van der Waals surface area contributed by atoms with Crippen LogP contribution in [0.15, 0.2) is 24.3 Å². The maximum atomic E-state index is 12.2. The molecule has 1 saturated heterocycles. The fraction of sp³-hybridized carbons (Fsp3) is 0.450. The average molecular weight is 405 g/mol. The Morgan fingerprint density at radius 3 is 2.59 bits per heavy atom. The topological polar surface area (TPSA) is 120 Å². The molecule has 3 N–H and O–H groups in total. The molecule has 9 nitrogen and oxygen atoms in total. The Morgan fingerprint density at radius 1 is 1.24 bits per heavy atom. The number of ether oxygens (including phenoxy) is 3. The molecule has 1 aromatic rings. The summed E-state index contributed by atoms with van der Waals surface area (Å²) in [5.74, 6) is 0.0230. The standard InChI is InChI=1S/C20H27N3O6/c1-3-28-20(26)23-10-8-15(9-11-23)22-19(25)7-5-14-4-6-16(17(12-14)27-2)29-13-18(21)24/h4-7,12,15H,3,8-11,13H2,1-2H3,(H2,21,24)(H,22,25)/b7-5+. The van der Waals surface area contributed by atoms with Crippen molar-refractivity contribution in [1.29, 1.82) is 0 Å². The number of carbonyl (C=O) groups excluding carboxylic acids is 3. The van der Waals surface area contributed by atoms with Crippen LogP contribution >= 0.6 is 0 Å². The number of hydrogen-bond donors (Lipinski definition) is 2. The molecular formula is C20H27N3O6. The van der Waals surface area contributed by atoms with Crippen LogP contribution in [0.4, 0.5) is 4.79 Å². The Bertz CT molecular complexity index is 757. The zero-order valence-corrected chi connectivity index (χ0v) is 16.7. The Hall–Kier alpha value is -3.23. The van der Waals surface area contributed by atoms with Crippen LogP contribution in [0, 0.1) is 0 Å². The third-order valence-electron chi connectivity index (χ3n) is 4.35. The second-order valence-electron chi connectivity index (χ2n) is 6.47. The van der Waals surface area contributed by atoms with Gasteiger partial charge in [-0.05, 0) is 43.5 Å². The van der Waals surface area contributed by atoms with E-state index in [9.17, 15) is 14.4 Å². The van der Waals surface area contributed by atoms with Gasteiger partial charge in [0.2, 0.25) is 5.91 Å². The van der Waals surface area contributed by atoms with Crippen molar-refractivity contribution in [2.24, 2.45) is 5.73 Å². The number of primary amides is 1. The second-order valence-corrected chi connectivity index (χ2v) is 6.47. The highest BCUT2D eigenvalue weighted by Gasteiger charge is 2.24. The molecule has 1 aliphatic heterocycles. The van der Waals surface area contributed by atoms with E-state index >= 15 is 0 Å². The van der Waals surface area contributed by atoms with Gasteiger partial charge in [0.1, 0.15) is 0 Å². The van der Waals surface area contributed by atoms with Gasteiger partial charge in [0, 0.05) is 25.2 Å². The van der Waals surface area contributed by atoms with Crippen molar-refractivity contribution in [2.75, 3.05) is 33.4 Å². The summed E-state index contributed by atoms with van der Waals surface area (Å²) in [7, 11) is 1.48. The van der Waals surface area contributed by atoms with Crippen LogP contribution in [-0.4, -0.2) is 62.3 Å². The summed E-state index contributed by atoms with van der Waals surface area (Å²) in [6.45, 7) is 2.98. The first-order valence-electron chi connectivity index (χ1n) is 9.42. The summed E-state index contributed by atoms with van der Waals surface area (Å²) in [4.78, 5) is 36.4. The molecular weight excluding hydrogens is 378 g/mol. The van der Waals surface area contributed by atoms with Gasteiger partial charge in [-0.25, -0.2) is 4.79 Å². The highest BCUT2D eigenvalue weighted by molar-refractivity contribution is 5.92. The predicted octanol–water partition coefficient (Wildman–Crippen LogP) is 1.31. The number of piperidine rings is 1. The van der Waals surface area contributed by atoms with Gasteiger partial charge >= 0.3 is 6.09 Å². The van der Waals surface area contributed by atoms with E-state index in [2.05, 4.69) is 5.32 Å². The maximum absolute atomic E-state index is 12.2. The molecule has 0 atom stereocenters. The lowest BCUT2D eigenvalue weighted by atomic mass is 10.1. The van der Waals surface area contributed by atoms with Crippen molar-refractivity contribution in [3.8, 4) is 11.5 Å². The molecule has 9 heteroatoms. The molecule has 0 radical (unpaired) electrons. The molecule has 3 amide bonds. The molecule has 0 bridgehead atoms. The van der Waals surface area contributed by atoms with Crippen LogP contribution in [0.3, 0.4) is 0 Å². The number of hydrogen-bond acceptors (Lipinski definition) is 6. The first-order valence-corrected chi connectivity index (χ1v) is 9.42. The van der Waals surface area contributed by atoms with Gasteiger partial charge in [-0.2, -0.15) is 0 Å². The van der Waals surface area contributed by atoms with Crippen LogP contribution in [0.25, 0.3) is 6.08 Å². The van der Waals surface area contributed by atoms with E-state index in [-0.39, 0.29) is 24.6 Å². The zero-order chi connectivity index (χ0) is 21.2. The molecule has 1 aliphatic rings. The molecule has 1 aromatic carbocycles. The minimum Gasteiger partial charge on any atom is -0.493 e. The number of nitrogens with two attached hydrogens (primary N) is 1. The number of nitrogens with one attached hydrogen (secondary N) is 1. The molecule has 29 heavy (non-hydrogen) atoms. The molecule has 2 rings (SSSR count). The number of amides is 3. The molecule has 1 heterocycles. The van der Waals surface area contributed by atoms with E-state index in [0.717, 1.165) is 5.56 Å². The van der Waals surface area contributed by atoms with E-state index < -0.39 is 5.91 Å². The minimum atomic E-state index is -0.583. The van der Waals surface area contributed by atoms with Gasteiger partial charge in [-0.1, -0.05) is 6.07 Å². The number of methoxy groups -OCH3 is 1. The van der Waals surface area contributed by atoms with Gasteiger partial charge in [0.15, 0.2) is 18.1 Å². The van der Waals surface area contributed by atoms with Crippen molar-refractivity contribution >= 4 is 24.0 Å². The van der Waals surface area contributed by atoms with Crippen LogP contribution in [0.1, 0.15) is 25.3 Å². The maximum Gasteiger partial charge on any atom is 0.409 e. The van der Waals surface area contributed by atoms with Crippen LogP contribution < -0.4 is 20.5 Å². The Balaban J connectivity index is 1.86. The Kier molecular flexibility index (Phi) is 8.32. The summed E-state index contributed by atoms with van der Waals surface area (Å²) in [5, 5.41) is 2.94. The number of benzene rings is 1. The molecule has 0 aromatic heterocycles. The Labute approximate surface area is 169 Å². The van der Waals surface area contributed by atoms with E-state index in [4.69, 9.17) is 19.9 Å². The zero-order valence-electron chi connectivity index (χ0n) is 16.7. The lowest BCUT2D eigenvalue weighted by Crippen LogP contribution is -2.46. The lowest BCUT2D eigenvalue weighted by Gasteiger charge is -2.31. The number of carbonyl (C=O) groups is 3. The molecule has 158 valence electrons. The SMILES string of the molecule is CCOC(=O)N1CCC(NC(=O)/C=C/c2ccc(OCC(N)=O)c(OC)c2)CC1. The van der Waals surface area contributed by atoms with E-state index in [0.29, 0.717) is 44.0 Å². The van der Waals surface area contributed by atoms with Crippen molar-refractivity contribution in [1.82, 2.24) is 10.2 Å². The number of likely N-dealkylation sites (tertiary alicyclic amines) is 1. The van der Waals surface area contributed by atoms with Crippen molar-refractivity contribution < 1.29 is 28.6 Å². The van der Waals surface area contributed by atoms with Gasteiger partial charge in [-0.3, -0.25) is 9.59 Å². The van der Waals surface area contributed by atoms with E-state index in [1.165, 1.54) is 13.2 Å². The lowest BCUT2D eigenvalue weighted by molar-refractivity contribution is -0.120. The van der Waals surface area contributed by atoms with Gasteiger partial charge in [-0.15, -0.1) is 0 Å². The normalized spacial score (nSPS) is 14.5. The molecule has 0 spiro atoms. The largest absolute Gasteiger partial charge is 0.493 e. The highest BCUT2D eigenvalue weighted by atomic mass is 16.6. The highest BCUT2D eigenvalue weighted by Crippen LogP contribution is 2.28. The van der Waals surface area contributed by atoms with Crippen molar-refractivity contribution in [2.45, 2.75) is 25.8 Å². The first kappa shape index (κ1) is 22.1. The van der Waals surface area contributed by atoms with Crippen LogP contribution in [-0.2, 0) is 14.3 Å². The first-order chi connectivity index (χ1) is 13.9. The molecule has 0 saturated carbocycles. The summed E-state index contributed by atoms with van der Waals surface area (Å²) in [6.07, 6.45) is 4.14. The van der Waals surface area contributed by atoms with Gasteiger partial charge < -0.3 is 30.2 Å². The monoisotopic (exact) mass is 405 g/mol. The molecule has 0 aliphatic carbocycles. The van der Waals surface area contributed by atoms with E-state index in [1.807, 2.05) is 0 Å². The molecule has 1 fully saturated rings. The fourth-order valence-electron chi connectivity index (χ4n) is 2.90. The van der Waals surface area contributed by atoms with Crippen LogP contribution in [0.5, 0.6) is 11.5 Å². The smallest absolute Gasteiger partial charge is 0.409 e. The summed E-state index contributed by atoms with van der Waals surface area (Å²) in [6, 6.07) is 5.08. The van der Waals surface area contributed by atoms with Gasteiger partial charge in [0.05, 0.1) is 13.7 Å². The van der Waals surface area contributed by atoms with Crippen molar-refractivity contribution in [3.63, 3.8) is 0 Å². The quantitative estimate of drug-likeness (QED) is 0.629.